The van der Waals surface area contributed by atoms with Crippen LogP contribution in [0.3, 0.4) is 0 Å². The topological polar surface area (TPSA) is 24.9 Å². The Labute approximate surface area is 73.0 Å². The van der Waals surface area contributed by atoms with Crippen molar-refractivity contribution in [3.63, 3.8) is 0 Å². The standard InChI is InChI=1S/C10H14N2/c1-8-6-10(12-7-8)9-4-2-3-5-11-9/h2-5,8,10,12H,6-7H2,1H3/t8-,10+/m0/s1. The van der Waals surface area contributed by atoms with Gasteiger partial charge in [0.1, 0.15) is 0 Å². The van der Waals surface area contributed by atoms with Gasteiger partial charge in [0.2, 0.25) is 0 Å². The Morgan fingerprint density at radius 3 is 3.00 bits per heavy atom. The Morgan fingerprint density at radius 1 is 1.50 bits per heavy atom. The van der Waals surface area contributed by atoms with E-state index in [1.165, 1.54) is 12.1 Å². The van der Waals surface area contributed by atoms with E-state index in [9.17, 15) is 0 Å². The summed E-state index contributed by atoms with van der Waals surface area (Å²) in [6, 6.07) is 6.59. The Kier molecular flexibility index (Phi) is 2.09. The molecule has 0 saturated carbocycles. The van der Waals surface area contributed by atoms with Crippen LogP contribution in [0.15, 0.2) is 24.4 Å². The lowest BCUT2D eigenvalue weighted by Crippen LogP contribution is -2.14. The van der Waals surface area contributed by atoms with Crippen molar-refractivity contribution in [2.24, 2.45) is 5.92 Å². The molecule has 2 heterocycles. The highest BCUT2D eigenvalue weighted by atomic mass is 15.0. The molecule has 0 bridgehead atoms. The third-order valence-electron chi connectivity index (χ3n) is 2.40. The SMILES string of the molecule is C[C@@H]1CN[C@@H](c2ccccn2)C1. The molecule has 1 aromatic heterocycles. The van der Waals surface area contributed by atoms with E-state index in [2.05, 4.69) is 23.3 Å². The van der Waals surface area contributed by atoms with Crippen molar-refractivity contribution in [3.05, 3.63) is 30.1 Å². The van der Waals surface area contributed by atoms with Gasteiger partial charge in [0.15, 0.2) is 0 Å². The molecule has 64 valence electrons. The molecule has 1 aliphatic heterocycles. The second-order valence-corrected chi connectivity index (χ2v) is 3.56. The Hall–Kier alpha value is -0.890. The molecule has 2 heteroatoms. The molecule has 2 atom stereocenters. The average molecular weight is 162 g/mol. The molecule has 1 saturated heterocycles. The van der Waals surface area contributed by atoms with Crippen molar-refractivity contribution < 1.29 is 0 Å². The van der Waals surface area contributed by atoms with Crippen LogP contribution < -0.4 is 5.32 Å². The molecule has 0 amide bonds. The fourth-order valence-electron chi connectivity index (χ4n) is 1.72. The van der Waals surface area contributed by atoms with Gasteiger partial charge in [0, 0.05) is 12.2 Å². The van der Waals surface area contributed by atoms with Gasteiger partial charge >= 0.3 is 0 Å². The minimum Gasteiger partial charge on any atom is -0.308 e. The molecule has 1 aromatic rings. The number of hydrogen-bond acceptors (Lipinski definition) is 2. The molecule has 1 aliphatic rings. The lowest BCUT2D eigenvalue weighted by molar-refractivity contribution is 0.599. The predicted molar refractivity (Wildman–Crippen MR) is 48.8 cm³/mol. The highest BCUT2D eigenvalue weighted by Crippen LogP contribution is 2.24. The lowest BCUT2D eigenvalue weighted by Gasteiger charge is -2.07. The second-order valence-electron chi connectivity index (χ2n) is 3.56. The molecule has 1 fully saturated rings. The summed E-state index contributed by atoms with van der Waals surface area (Å²) in [5.41, 5.74) is 1.18. The Balaban J connectivity index is 2.11. The summed E-state index contributed by atoms with van der Waals surface area (Å²) in [6.07, 6.45) is 3.08. The summed E-state index contributed by atoms with van der Waals surface area (Å²) in [5.74, 6) is 0.789. The first-order chi connectivity index (χ1) is 5.86. The van der Waals surface area contributed by atoms with Gasteiger partial charge in [-0.25, -0.2) is 0 Å². The van der Waals surface area contributed by atoms with Crippen molar-refractivity contribution in [1.82, 2.24) is 10.3 Å². The lowest BCUT2D eigenvalue weighted by atomic mass is 10.1. The summed E-state index contributed by atoms with van der Waals surface area (Å²) in [6.45, 7) is 3.40. The van der Waals surface area contributed by atoms with Crippen LogP contribution >= 0.6 is 0 Å². The fraction of sp³-hybridized carbons (Fsp3) is 0.500. The van der Waals surface area contributed by atoms with Crippen LogP contribution in [-0.2, 0) is 0 Å². The molecule has 2 rings (SSSR count). The Bertz CT molecular complexity index is 245. The maximum atomic E-state index is 4.33. The first-order valence-electron chi connectivity index (χ1n) is 4.50. The van der Waals surface area contributed by atoms with Crippen molar-refractivity contribution >= 4 is 0 Å². The van der Waals surface area contributed by atoms with Crippen LogP contribution in [0.4, 0.5) is 0 Å². The number of nitrogens with zero attached hydrogens (tertiary/aromatic N) is 1. The summed E-state index contributed by atoms with van der Waals surface area (Å²) in [4.78, 5) is 4.33. The van der Waals surface area contributed by atoms with Gasteiger partial charge in [0.25, 0.3) is 0 Å². The largest absolute Gasteiger partial charge is 0.308 e. The first-order valence-corrected chi connectivity index (χ1v) is 4.50. The molecule has 2 nitrogen and oxygen atoms in total. The van der Waals surface area contributed by atoms with E-state index in [0.29, 0.717) is 6.04 Å². The van der Waals surface area contributed by atoms with Gasteiger partial charge in [-0.1, -0.05) is 13.0 Å². The summed E-state index contributed by atoms with van der Waals surface area (Å²) >= 11 is 0. The smallest absolute Gasteiger partial charge is 0.0573 e. The highest BCUT2D eigenvalue weighted by Gasteiger charge is 2.22. The highest BCUT2D eigenvalue weighted by molar-refractivity contribution is 5.10. The minimum absolute atomic E-state index is 0.487. The van der Waals surface area contributed by atoms with E-state index in [0.717, 1.165) is 12.5 Å². The number of pyridine rings is 1. The summed E-state index contributed by atoms with van der Waals surface area (Å²) in [5, 5.41) is 3.46. The van der Waals surface area contributed by atoms with Gasteiger partial charge < -0.3 is 5.32 Å². The van der Waals surface area contributed by atoms with Crippen LogP contribution in [0.5, 0.6) is 0 Å². The van der Waals surface area contributed by atoms with Crippen molar-refractivity contribution in [2.45, 2.75) is 19.4 Å². The molecular formula is C10H14N2. The van der Waals surface area contributed by atoms with Gasteiger partial charge in [-0.15, -0.1) is 0 Å². The number of aromatic nitrogens is 1. The van der Waals surface area contributed by atoms with Crippen LogP contribution in [0.25, 0.3) is 0 Å². The first kappa shape index (κ1) is 7.74. The molecule has 1 N–H and O–H groups in total. The maximum Gasteiger partial charge on any atom is 0.0573 e. The summed E-state index contributed by atoms with van der Waals surface area (Å²) in [7, 11) is 0. The zero-order chi connectivity index (χ0) is 8.39. The normalized spacial score (nSPS) is 29.1. The molecule has 0 spiro atoms. The van der Waals surface area contributed by atoms with E-state index in [1.54, 1.807) is 0 Å². The van der Waals surface area contributed by atoms with Crippen LogP contribution in [0.2, 0.25) is 0 Å². The summed E-state index contributed by atoms with van der Waals surface area (Å²) < 4.78 is 0. The van der Waals surface area contributed by atoms with Gasteiger partial charge in [-0.3, -0.25) is 4.98 Å². The zero-order valence-corrected chi connectivity index (χ0v) is 7.33. The fourth-order valence-corrected chi connectivity index (χ4v) is 1.72. The van der Waals surface area contributed by atoms with Crippen molar-refractivity contribution in [2.75, 3.05) is 6.54 Å². The molecule has 0 unspecified atom stereocenters. The van der Waals surface area contributed by atoms with Gasteiger partial charge in [0.05, 0.1) is 5.69 Å². The molecular weight excluding hydrogens is 148 g/mol. The number of rotatable bonds is 1. The van der Waals surface area contributed by atoms with Crippen LogP contribution in [-0.4, -0.2) is 11.5 Å². The van der Waals surface area contributed by atoms with Crippen LogP contribution in [0, 0.1) is 5.92 Å². The monoisotopic (exact) mass is 162 g/mol. The zero-order valence-electron chi connectivity index (χ0n) is 7.33. The number of hydrogen-bond donors (Lipinski definition) is 1. The van der Waals surface area contributed by atoms with Crippen molar-refractivity contribution in [3.8, 4) is 0 Å². The van der Waals surface area contributed by atoms with Gasteiger partial charge in [-0.05, 0) is 31.0 Å². The van der Waals surface area contributed by atoms with Gasteiger partial charge in [-0.2, -0.15) is 0 Å². The van der Waals surface area contributed by atoms with E-state index in [1.807, 2.05) is 18.3 Å². The maximum absolute atomic E-state index is 4.33. The predicted octanol–water partition coefficient (Wildman–Crippen LogP) is 1.75. The second kappa shape index (κ2) is 3.23. The molecule has 0 aromatic carbocycles. The minimum atomic E-state index is 0.487. The van der Waals surface area contributed by atoms with Crippen LogP contribution in [0.1, 0.15) is 25.1 Å². The third kappa shape index (κ3) is 1.48. The molecule has 0 radical (unpaired) electrons. The van der Waals surface area contributed by atoms with Crippen molar-refractivity contribution in [1.29, 1.82) is 0 Å². The Morgan fingerprint density at radius 2 is 2.42 bits per heavy atom. The van der Waals surface area contributed by atoms with E-state index in [-0.39, 0.29) is 0 Å². The van der Waals surface area contributed by atoms with E-state index >= 15 is 0 Å². The molecule has 12 heavy (non-hydrogen) atoms. The van der Waals surface area contributed by atoms with E-state index < -0.39 is 0 Å². The quantitative estimate of drug-likeness (QED) is 0.680. The molecule has 0 aliphatic carbocycles. The van der Waals surface area contributed by atoms with E-state index in [4.69, 9.17) is 0 Å². The third-order valence-corrected chi connectivity index (χ3v) is 2.40. The average Bonchev–Trinajstić information content (AvgIpc) is 2.54. The number of nitrogens with one attached hydrogen (secondary N) is 1.